The predicted octanol–water partition coefficient (Wildman–Crippen LogP) is 3.56. The maximum Gasteiger partial charge on any atom is 0.148 e. The second-order valence-corrected chi connectivity index (χ2v) is 6.99. The topological polar surface area (TPSA) is 34.1 Å². The number of benzene rings is 1. The van der Waals surface area contributed by atoms with Crippen molar-refractivity contribution in [1.29, 1.82) is 0 Å². The van der Waals surface area contributed by atoms with Crippen molar-refractivity contribution in [2.45, 2.75) is 50.8 Å². The first-order valence-electron chi connectivity index (χ1n) is 7.06. The maximum atomic E-state index is 12.3. The normalized spacial score (nSPS) is 18.2. The van der Waals surface area contributed by atoms with Gasteiger partial charge in [0.1, 0.15) is 5.78 Å². The first-order chi connectivity index (χ1) is 9.08. The number of rotatable bonds is 4. The molecule has 1 aromatic rings. The fourth-order valence-corrected chi connectivity index (χ4v) is 3.80. The Kier molecular flexibility index (Phi) is 4.92. The van der Waals surface area contributed by atoms with Crippen LogP contribution >= 0.6 is 0 Å². The summed E-state index contributed by atoms with van der Waals surface area (Å²) in [5.74, 6) is 0.535. The third-order valence-electron chi connectivity index (χ3n) is 4.08. The molecule has 1 aromatic carbocycles. The molecule has 0 bridgehead atoms. The summed E-state index contributed by atoms with van der Waals surface area (Å²) in [5.41, 5.74) is 2.33. The van der Waals surface area contributed by atoms with Crippen LogP contribution in [0.5, 0.6) is 0 Å². The van der Waals surface area contributed by atoms with Gasteiger partial charge < -0.3 is 0 Å². The van der Waals surface area contributed by atoms with Crippen molar-refractivity contribution in [3.63, 3.8) is 0 Å². The molecule has 0 aromatic heterocycles. The van der Waals surface area contributed by atoms with Crippen LogP contribution < -0.4 is 0 Å². The van der Waals surface area contributed by atoms with Crippen molar-refractivity contribution >= 4 is 16.6 Å². The lowest BCUT2D eigenvalue weighted by Crippen LogP contribution is -2.23. The van der Waals surface area contributed by atoms with Gasteiger partial charge in [-0.05, 0) is 49.9 Å². The van der Waals surface area contributed by atoms with E-state index < -0.39 is 10.8 Å². The van der Waals surface area contributed by atoms with Gasteiger partial charge in [-0.2, -0.15) is 0 Å². The van der Waals surface area contributed by atoms with Gasteiger partial charge in [0.2, 0.25) is 0 Å². The number of ketones is 1. The van der Waals surface area contributed by atoms with Crippen LogP contribution in [0.25, 0.3) is 0 Å². The monoisotopic (exact) mass is 278 g/mol. The van der Waals surface area contributed by atoms with Gasteiger partial charge in [-0.15, -0.1) is 0 Å². The van der Waals surface area contributed by atoms with Crippen LogP contribution in [-0.2, 0) is 15.6 Å². The molecule has 1 aliphatic carbocycles. The van der Waals surface area contributed by atoms with Crippen LogP contribution in [0.15, 0.2) is 23.1 Å². The van der Waals surface area contributed by atoms with Gasteiger partial charge in [0.25, 0.3) is 0 Å². The first-order valence-corrected chi connectivity index (χ1v) is 8.38. The molecule has 1 aliphatic rings. The smallest absolute Gasteiger partial charge is 0.148 e. The minimum atomic E-state index is -1.18. The number of carbonyl (C=O) groups excluding carboxylic acids is 1. The van der Waals surface area contributed by atoms with Crippen LogP contribution in [0, 0.1) is 19.8 Å². The van der Waals surface area contributed by atoms with Gasteiger partial charge in [-0.1, -0.05) is 25.3 Å². The Morgan fingerprint density at radius 2 is 1.84 bits per heavy atom. The van der Waals surface area contributed by atoms with Gasteiger partial charge in [-0.25, -0.2) is 0 Å². The van der Waals surface area contributed by atoms with E-state index in [1.807, 2.05) is 32.0 Å². The average molecular weight is 278 g/mol. The number of aryl methyl sites for hydroxylation is 2. The Morgan fingerprint density at radius 3 is 2.47 bits per heavy atom. The average Bonchev–Trinajstić information content (AvgIpc) is 2.42. The van der Waals surface area contributed by atoms with E-state index in [9.17, 15) is 9.00 Å². The molecule has 104 valence electrons. The van der Waals surface area contributed by atoms with Crippen LogP contribution in [0.1, 0.15) is 43.2 Å². The molecule has 19 heavy (non-hydrogen) atoms. The molecule has 0 aliphatic heterocycles. The van der Waals surface area contributed by atoms with E-state index in [0.29, 0.717) is 0 Å². The van der Waals surface area contributed by atoms with Crippen LogP contribution in [0.2, 0.25) is 0 Å². The Bertz CT molecular complexity index is 488. The molecule has 0 spiro atoms. The molecule has 0 radical (unpaired) electrons. The van der Waals surface area contributed by atoms with E-state index in [4.69, 9.17) is 0 Å². The van der Waals surface area contributed by atoms with Crippen molar-refractivity contribution in [3.8, 4) is 0 Å². The Morgan fingerprint density at radius 1 is 1.16 bits per heavy atom. The third kappa shape index (κ3) is 3.75. The van der Waals surface area contributed by atoms with E-state index in [0.717, 1.165) is 36.1 Å². The molecule has 0 amide bonds. The van der Waals surface area contributed by atoms with Crippen LogP contribution in [-0.4, -0.2) is 15.7 Å². The molecule has 2 rings (SSSR count). The highest BCUT2D eigenvalue weighted by atomic mass is 32.2. The summed E-state index contributed by atoms with van der Waals surface area (Å²) < 4.78 is 12.3. The molecular weight excluding hydrogens is 256 g/mol. The second-order valence-electron chi connectivity index (χ2n) is 5.54. The molecule has 1 saturated carbocycles. The Balaban J connectivity index is 1.99. The van der Waals surface area contributed by atoms with Crippen molar-refractivity contribution in [2.75, 3.05) is 5.75 Å². The minimum absolute atomic E-state index is 0.157. The third-order valence-corrected chi connectivity index (χ3v) is 5.40. The Labute approximate surface area is 118 Å². The molecular formula is C16H22O2S. The lowest BCUT2D eigenvalue weighted by atomic mass is 9.87. The quantitative estimate of drug-likeness (QED) is 0.844. The first kappa shape index (κ1) is 14.4. The van der Waals surface area contributed by atoms with Gasteiger partial charge in [0.15, 0.2) is 0 Å². The predicted molar refractivity (Wildman–Crippen MR) is 78.8 cm³/mol. The summed E-state index contributed by atoms with van der Waals surface area (Å²) >= 11 is 0. The van der Waals surface area contributed by atoms with E-state index in [1.54, 1.807) is 0 Å². The van der Waals surface area contributed by atoms with Gasteiger partial charge in [0, 0.05) is 10.8 Å². The highest BCUT2D eigenvalue weighted by Gasteiger charge is 2.23. The summed E-state index contributed by atoms with van der Waals surface area (Å²) in [5, 5.41) is 0. The van der Waals surface area contributed by atoms with Crippen molar-refractivity contribution < 1.29 is 9.00 Å². The molecule has 0 N–H and O–H groups in total. The number of hydrogen-bond acceptors (Lipinski definition) is 2. The van der Waals surface area contributed by atoms with E-state index >= 15 is 0 Å². The van der Waals surface area contributed by atoms with E-state index in [2.05, 4.69) is 0 Å². The Hall–Kier alpha value is -0.960. The lowest BCUT2D eigenvalue weighted by Gasteiger charge is -2.20. The fourth-order valence-electron chi connectivity index (χ4n) is 2.61. The number of hydrogen-bond donors (Lipinski definition) is 0. The molecule has 0 heterocycles. The summed E-state index contributed by atoms with van der Waals surface area (Å²) in [6, 6.07) is 5.81. The number of Topliss-reactive ketones (excluding diaryl/α,β-unsaturated/α-hetero) is 1. The van der Waals surface area contributed by atoms with Gasteiger partial charge >= 0.3 is 0 Å². The van der Waals surface area contributed by atoms with E-state index in [1.165, 1.54) is 12.0 Å². The molecule has 3 heteroatoms. The summed E-state index contributed by atoms with van der Waals surface area (Å²) in [4.78, 5) is 12.9. The van der Waals surface area contributed by atoms with Crippen molar-refractivity contribution in [3.05, 3.63) is 29.3 Å². The summed E-state index contributed by atoms with van der Waals surface area (Å²) in [6.07, 6.45) is 5.51. The lowest BCUT2D eigenvalue weighted by molar-refractivity contribution is -0.121. The standard InChI is InChI=1S/C16H22O2S/c1-12-8-9-15(10-13(12)2)19(18)11-16(17)14-6-4-3-5-7-14/h8-10,14H,3-7,11H2,1-2H3. The molecule has 1 unspecified atom stereocenters. The number of carbonyl (C=O) groups is 1. The highest BCUT2D eigenvalue weighted by molar-refractivity contribution is 7.85. The maximum absolute atomic E-state index is 12.3. The summed E-state index contributed by atoms with van der Waals surface area (Å²) in [7, 11) is -1.18. The van der Waals surface area contributed by atoms with Gasteiger partial charge in [-0.3, -0.25) is 9.00 Å². The zero-order valence-electron chi connectivity index (χ0n) is 11.8. The molecule has 2 nitrogen and oxygen atoms in total. The van der Waals surface area contributed by atoms with Crippen LogP contribution in [0.3, 0.4) is 0 Å². The molecule has 1 fully saturated rings. The molecule has 1 atom stereocenters. The SMILES string of the molecule is Cc1ccc(S(=O)CC(=O)C2CCCCC2)cc1C. The second kappa shape index (κ2) is 6.47. The zero-order chi connectivity index (χ0) is 13.8. The highest BCUT2D eigenvalue weighted by Crippen LogP contribution is 2.25. The summed E-state index contributed by atoms with van der Waals surface area (Å²) in [6.45, 7) is 4.05. The zero-order valence-corrected chi connectivity index (χ0v) is 12.6. The molecule has 0 saturated heterocycles. The van der Waals surface area contributed by atoms with Gasteiger partial charge in [0.05, 0.1) is 16.6 Å². The minimum Gasteiger partial charge on any atom is -0.298 e. The van der Waals surface area contributed by atoms with E-state index in [-0.39, 0.29) is 17.5 Å². The largest absolute Gasteiger partial charge is 0.298 e. The fraction of sp³-hybridized carbons (Fsp3) is 0.562. The van der Waals surface area contributed by atoms with Crippen molar-refractivity contribution in [1.82, 2.24) is 0 Å². The van der Waals surface area contributed by atoms with Crippen molar-refractivity contribution in [2.24, 2.45) is 5.92 Å². The van der Waals surface area contributed by atoms with Crippen LogP contribution in [0.4, 0.5) is 0 Å².